The van der Waals surface area contributed by atoms with E-state index in [1.165, 1.54) is 0 Å². The van der Waals surface area contributed by atoms with Crippen molar-refractivity contribution in [1.29, 1.82) is 0 Å². The van der Waals surface area contributed by atoms with Crippen LogP contribution in [0.4, 0.5) is 0 Å². The van der Waals surface area contributed by atoms with Gasteiger partial charge < -0.3 is 20.4 Å². The van der Waals surface area contributed by atoms with Crippen molar-refractivity contribution in [3.8, 4) is 0 Å². The Kier molecular flexibility index (Phi) is 4.39. The van der Waals surface area contributed by atoms with Crippen LogP contribution in [-0.4, -0.2) is 37.1 Å². The molecule has 0 bridgehead atoms. The molecule has 1 aromatic heterocycles. The van der Waals surface area contributed by atoms with Crippen molar-refractivity contribution in [1.82, 2.24) is 10.2 Å². The van der Waals surface area contributed by atoms with Crippen LogP contribution >= 0.6 is 0 Å². The summed E-state index contributed by atoms with van der Waals surface area (Å²) in [6.07, 6.45) is 3.99. The van der Waals surface area contributed by atoms with Gasteiger partial charge in [0, 0.05) is 19.1 Å². The zero-order chi connectivity index (χ0) is 11.2. The summed E-state index contributed by atoms with van der Waals surface area (Å²) in [5, 5.41) is 3.38. The quantitative estimate of drug-likeness (QED) is 0.725. The van der Waals surface area contributed by atoms with Crippen LogP contribution in [0.2, 0.25) is 0 Å². The van der Waals surface area contributed by atoms with Crippen LogP contribution in [0.1, 0.15) is 18.6 Å². The maximum absolute atomic E-state index is 5.86. The Morgan fingerprint density at radius 2 is 2.25 bits per heavy atom. The van der Waals surface area contributed by atoms with E-state index in [1.54, 1.807) is 6.26 Å². The summed E-state index contributed by atoms with van der Waals surface area (Å²) < 4.78 is 5.25. The molecule has 1 aromatic rings. The zero-order valence-electron chi connectivity index (χ0n) is 9.69. The smallest absolute Gasteiger partial charge is 0.117 e. The van der Waals surface area contributed by atoms with E-state index in [-0.39, 0.29) is 0 Å². The molecule has 0 radical (unpaired) electrons. The van der Waals surface area contributed by atoms with Gasteiger partial charge in [0.05, 0.1) is 12.8 Å². The minimum Gasteiger partial charge on any atom is -0.468 e. The highest BCUT2D eigenvalue weighted by atomic mass is 16.3. The van der Waals surface area contributed by atoms with E-state index in [9.17, 15) is 0 Å². The number of nitrogens with one attached hydrogen (secondary N) is 1. The molecule has 2 heterocycles. The van der Waals surface area contributed by atoms with Gasteiger partial charge in [-0.15, -0.1) is 0 Å². The van der Waals surface area contributed by atoms with E-state index in [2.05, 4.69) is 10.2 Å². The number of likely N-dealkylation sites (tertiary alicyclic amines) is 1. The second-order valence-electron chi connectivity index (χ2n) is 4.44. The topological polar surface area (TPSA) is 54.4 Å². The Labute approximate surface area is 96.8 Å². The van der Waals surface area contributed by atoms with Gasteiger partial charge >= 0.3 is 0 Å². The van der Waals surface area contributed by atoms with Crippen molar-refractivity contribution < 1.29 is 4.42 Å². The first-order valence-corrected chi connectivity index (χ1v) is 6.05. The van der Waals surface area contributed by atoms with Gasteiger partial charge in [-0.2, -0.15) is 0 Å². The van der Waals surface area contributed by atoms with E-state index in [0.29, 0.717) is 6.04 Å². The monoisotopic (exact) mass is 223 g/mol. The molecule has 4 nitrogen and oxygen atoms in total. The zero-order valence-corrected chi connectivity index (χ0v) is 9.69. The molecule has 4 heteroatoms. The molecule has 0 unspecified atom stereocenters. The molecule has 0 aliphatic carbocycles. The first-order chi connectivity index (χ1) is 7.84. The van der Waals surface area contributed by atoms with Crippen molar-refractivity contribution >= 4 is 0 Å². The first kappa shape index (κ1) is 11.6. The molecule has 1 saturated heterocycles. The molecule has 1 aliphatic rings. The maximum Gasteiger partial charge on any atom is 0.117 e. The molecule has 1 aliphatic heterocycles. The van der Waals surface area contributed by atoms with E-state index < -0.39 is 0 Å². The maximum atomic E-state index is 5.86. The molecule has 0 atom stereocenters. The van der Waals surface area contributed by atoms with E-state index in [1.807, 2.05) is 12.1 Å². The molecule has 90 valence electrons. The molecular formula is C12H21N3O. The van der Waals surface area contributed by atoms with E-state index in [0.717, 1.165) is 51.3 Å². The minimum absolute atomic E-state index is 0.423. The van der Waals surface area contributed by atoms with Crippen LogP contribution in [0, 0.1) is 0 Å². The second-order valence-corrected chi connectivity index (χ2v) is 4.44. The van der Waals surface area contributed by atoms with E-state index in [4.69, 9.17) is 10.2 Å². The summed E-state index contributed by atoms with van der Waals surface area (Å²) in [6.45, 7) is 5.22. The van der Waals surface area contributed by atoms with Crippen LogP contribution in [-0.2, 0) is 6.54 Å². The lowest BCUT2D eigenvalue weighted by molar-refractivity contribution is 0.213. The van der Waals surface area contributed by atoms with Crippen molar-refractivity contribution in [2.24, 2.45) is 5.73 Å². The predicted octanol–water partition coefficient (Wildman–Crippen LogP) is 0.792. The number of nitrogens with two attached hydrogens (primary N) is 1. The molecule has 1 fully saturated rings. The van der Waals surface area contributed by atoms with Gasteiger partial charge in [0.1, 0.15) is 5.76 Å². The molecule has 3 N–H and O–H groups in total. The van der Waals surface area contributed by atoms with Crippen molar-refractivity contribution in [2.45, 2.75) is 25.4 Å². The van der Waals surface area contributed by atoms with Gasteiger partial charge in [-0.05, 0) is 38.1 Å². The molecule has 0 aromatic carbocycles. The lowest BCUT2D eigenvalue weighted by Gasteiger charge is -2.29. The molecule has 0 amide bonds. The fourth-order valence-electron chi connectivity index (χ4n) is 2.04. The number of hydrogen-bond donors (Lipinski definition) is 2. The average Bonchev–Trinajstić information content (AvgIpc) is 2.80. The summed E-state index contributed by atoms with van der Waals surface area (Å²) in [5.74, 6) is 1.00. The standard InChI is InChI=1S/C12H21N3O/c13-11-3-6-15(7-4-11)8-5-14-10-12-2-1-9-16-12/h1-2,9,11,14H,3-8,10,13H2. The normalized spacial score (nSPS) is 19.1. The fraction of sp³-hybridized carbons (Fsp3) is 0.667. The molecule has 0 saturated carbocycles. The summed E-state index contributed by atoms with van der Waals surface area (Å²) in [7, 11) is 0. The number of nitrogens with zero attached hydrogens (tertiary/aromatic N) is 1. The summed E-state index contributed by atoms with van der Waals surface area (Å²) >= 11 is 0. The summed E-state index contributed by atoms with van der Waals surface area (Å²) in [5.41, 5.74) is 5.86. The van der Waals surface area contributed by atoms with Crippen LogP contribution in [0.3, 0.4) is 0 Å². The largest absolute Gasteiger partial charge is 0.468 e. The Balaban J connectivity index is 1.55. The highest BCUT2D eigenvalue weighted by Crippen LogP contribution is 2.07. The van der Waals surface area contributed by atoms with Crippen molar-refractivity contribution in [3.05, 3.63) is 24.2 Å². The van der Waals surface area contributed by atoms with Gasteiger partial charge in [0.25, 0.3) is 0 Å². The third-order valence-corrected chi connectivity index (χ3v) is 3.12. The second kappa shape index (κ2) is 6.03. The van der Waals surface area contributed by atoms with Gasteiger partial charge in [-0.25, -0.2) is 0 Å². The highest BCUT2D eigenvalue weighted by molar-refractivity contribution is 4.97. The molecule has 2 rings (SSSR count). The fourth-order valence-corrected chi connectivity index (χ4v) is 2.04. The SMILES string of the molecule is NC1CCN(CCNCc2ccco2)CC1. The van der Waals surface area contributed by atoms with Gasteiger partial charge in [-0.3, -0.25) is 0 Å². The van der Waals surface area contributed by atoms with Crippen LogP contribution in [0.25, 0.3) is 0 Å². The van der Waals surface area contributed by atoms with Gasteiger partial charge in [0.15, 0.2) is 0 Å². The average molecular weight is 223 g/mol. The lowest BCUT2D eigenvalue weighted by Crippen LogP contribution is -2.42. The van der Waals surface area contributed by atoms with Gasteiger partial charge in [-0.1, -0.05) is 0 Å². The first-order valence-electron chi connectivity index (χ1n) is 6.05. The molecular weight excluding hydrogens is 202 g/mol. The lowest BCUT2D eigenvalue weighted by atomic mass is 10.1. The highest BCUT2D eigenvalue weighted by Gasteiger charge is 2.14. The molecule has 0 spiro atoms. The number of hydrogen-bond acceptors (Lipinski definition) is 4. The Hall–Kier alpha value is -0.840. The minimum atomic E-state index is 0.423. The number of rotatable bonds is 5. The third kappa shape index (κ3) is 3.63. The van der Waals surface area contributed by atoms with Crippen molar-refractivity contribution in [2.75, 3.05) is 26.2 Å². The predicted molar refractivity (Wildman–Crippen MR) is 64.1 cm³/mol. The number of piperidine rings is 1. The third-order valence-electron chi connectivity index (χ3n) is 3.12. The Morgan fingerprint density at radius 1 is 1.44 bits per heavy atom. The molecule has 16 heavy (non-hydrogen) atoms. The Morgan fingerprint density at radius 3 is 2.94 bits per heavy atom. The van der Waals surface area contributed by atoms with Gasteiger partial charge in [0.2, 0.25) is 0 Å². The number of furan rings is 1. The van der Waals surface area contributed by atoms with Crippen LogP contribution in [0.15, 0.2) is 22.8 Å². The summed E-state index contributed by atoms with van der Waals surface area (Å²) in [4.78, 5) is 2.47. The van der Waals surface area contributed by atoms with E-state index >= 15 is 0 Å². The Bertz CT molecular complexity index is 278. The van der Waals surface area contributed by atoms with Crippen LogP contribution in [0.5, 0.6) is 0 Å². The van der Waals surface area contributed by atoms with Crippen molar-refractivity contribution in [3.63, 3.8) is 0 Å². The van der Waals surface area contributed by atoms with Crippen LogP contribution < -0.4 is 11.1 Å². The summed E-state index contributed by atoms with van der Waals surface area (Å²) in [6, 6.07) is 4.34.